The molecule has 0 saturated heterocycles. The molecule has 28 heavy (non-hydrogen) atoms. The van der Waals surface area contributed by atoms with Gasteiger partial charge in [0, 0.05) is 0 Å². The second-order valence-corrected chi connectivity index (χ2v) is 9.59. The van der Waals surface area contributed by atoms with Gasteiger partial charge in [0.2, 0.25) is 0 Å². The molecule has 2 fully saturated rings. The van der Waals surface area contributed by atoms with Crippen LogP contribution in [0.3, 0.4) is 0 Å². The van der Waals surface area contributed by atoms with Crippen LogP contribution in [0.15, 0.2) is 12.1 Å². The maximum Gasteiger partial charge on any atom is 0.194 e. The zero-order valence-electron chi connectivity index (χ0n) is 17.1. The fourth-order valence-electron chi connectivity index (χ4n) is 6.16. The number of hydrogen-bond donors (Lipinski definition) is 0. The Bertz CT molecular complexity index is 722. The Kier molecular flexibility index (Phi) is 6.18. The fourth-order valence-corrected chi connectivity index (χ4v) is 6.16. The first-order valence-electron chi connectivity index (χ1n) is 11.4. The average Bonchev–Trinajstić information content (AvgIpc) is 3.23. The van der Waals surface area contributed by atoms with E-state index in [1.54, 1.807) is 6.92 Å². The van der Waals surface area contributed by atoms with E-state index in [1.807, 2.05) is 0 Å². The lowest BCUT2D eigenvalue weighted by Gasteiger charge is -2.36. The van der Waals surface area contributed by atoms with Gasteiger partial charge in [-0.05, 0) is 91.9 Å². The van der Waals surface area contributed by atoms with E-state index in [1.165, 1.54) is 63.9 Å². The first-order chi connectivity index (χ1) is 13.5. The average molecular weight is 391 g/mol. The van der Waals surface area contributed by atoms with Gasteiger partial charge in [0.25, 0.3) is 0 Å². The maximum atomic E-state index is 13.9. The van der Waals surface area contributed by atoms with Gasteiger partial charge < -0.3 is 0 Å². The highest BCUT2D eigenvalue weighted by molar-refractivity contribution is 5.69. The smallest absolute Gasteiger partial charge is 0.194 e. The van der Waals surface area contributed by atoms with E-state index in [4.69, 9.17) is 0 Å². The molecule has 0 aromatic heterocycles. The normalized spacial score (nSPS) is 29.1. The molecule has 154 valence electrons. The highest BCUT2D eigenvalue weighted by atomic mass is 19.2. The summed E-state index contributed by atoms with van der Waals surface area (Å²) in [5, 5.41) is 0. The Balaban J connectivity index is 1.33. The zero-order chi connectivity index (χ0) is 19.7. The van der Waals surface area contributed by atoms with Crippen LogP contribution in [0, 0.1) is 48.0 Å². The fraction of sp³-hybridized carbons (Fsp3) is 0.680. The molecule has 4 rings (SSSR count). The van der Waals surface area contributed by atoms with Gasteiger partial charge in [-0.2, -0.15) is 0 Å². The van der Waals surface area contributed by atoms with Gasteiger partial charge in [-0.25, -0.2) is 13.2 Å². The molecule has 3 aliphatic rings. The van der Waals surface area contributed by atoms with Crippen molar-refractivity contribution in [1.82, 2.24) is 0 Å². The van der Waals surface area contributed by atoms with Crippen LogP contribution in [0.4, 0.5) is 13.2 Å². The standard InChI is InChI=1S/C25H33F3/c1-16-22(15-23(26)25(28)24(16)27)21-12-10-20(11-13-21)19-8-6-18(7-9-19)14-17-4-2-3-5-17/h12,15,17-20H,2-11,13-14H2,1H3. The molecule has 1 atom stereocenters. The van der Waals surface area contributed by atoms with Crippen LogP contribution >= 0.6 is 0 Å². The second-order valence-electron chi connectivity index (χ2n) is 9.59. The molecule has 1 aromatic rings. The second kappa shape index (κ2) is 8.63. The van der Waals surface area contributed by atoms with Crippen molar-refractivity contribution < 1.29 is 13.2 Å². The first kappa shape index (κ1) is 20.0. The van der Waals surface area contributed by atoms with E-state index in [2.05, 4.69) is 6.08 Å². The molecule has 0 bridgehead atoms. The van der Waals surface area contributed by atoms with E-state index < -0.39 is 17.5 Å². The van der Waals surface area contributed by atoms with Crippen molar-refractivity contribution in [2.24, 2.45) is 23.7 Å². The molecule has 0 amide bonds. The lowest BCUT2D eigenvalue weighted by atomic mass is 9.69. The highest BCUT2D eigenvalue weighted by Crippen LogP contribution is 2.44. The molecular weight excluding hydrogens is 357 g/mol. The van der Waals surface area contributed by atoms with Crippen LogP contribution in [0.2, 0.25) is 0 Å². The SMILES string of the molecule is Cc1c(C2=CCC(C3CCC(CC4CCCC4)CC3)CC2)cc(F)c(F)c1F. The van der Waals surface area contributed by atoms with Crippen LogP contribution in [-0.4, -0.2) is 0 Å². The van der Waals surface area contributed by atoms with E-state index in [-0.39, 0.29) is 5.56 Å². The minimum absolute atomic E-state index is 0.232. The van der Waals surface area contributed by atoms with Gasteiger partial charge in [-0.3, -0.25) is 0 Å². The van der Waals surface area contributed by atoms with Gasteiger partial charge in [-0.1, -0.05) is 44.6 Å². The Morgan fingerprint density at radius 2 is 1.50 bits per heavy atom. The van der Waals surface area contributed by atoms with Crippen molar-refractivity contribution in [3.05, 3.63) is 40.7 Å². The molecule has 0 aliphatic heterocycles. The van der Waals surface area contributed by atoms with Crippen LogP contribution in [-0.2, 0) is 0 Å². The predicted molar refractivity (Wildman–Crippen MR) is 108 cm³/mol. The number of benzene rings is 1. The van der Waals surface area contributed by atoms with Crippen molar-refractivity contribution in [2.45, 2.75) is 84.0 Å². The van der Waals surface area contributed by atoms with E-state index in [0.717, 1.165) is 42.6 Å². The van der Waals surface area contributed by atoms with Gasteiger partial charge in [0.05, 0.1) is 0 Å². The molecule has 0 N–H and O–H groups in total. The summed E-state index contributed by atoms with van der Waals surface area (Å²) in [6.45, 7) is 1.55. The summed E-state index contributed by atoms with van der Waals surface area (Å²) in [5.41, 5.74) is 1.77. The summed E-state index contributed by atoms with van der Waals surface area (Å²) in [5.74, 6) is -0.0272. The topological polar surface area (TPSA) is 0 Å². The summed E-state index contributed by atoms with van der Waals surface area (Å²) in [6, 6.07) is 1.17. The summed E-state index contributed by atoms with van der Waals surface area (Å²) in [4.78, 5) is 0. The number of rotatable bonds is 4. The Morgan fingerprint density at radius 1 is 0.821 bits per heavy atom. The molecule has 2 saturated carbocycles. The van der Waals surface area contributed by atoms with Crippen LogP contribution in [0.1, 0.15) is 88.2 Å². The first-order valence-corrected chi connectivity index (χ1v) is 11.4. The van der Waals surface area contributed by atoms with Crippen molar-refractivity contribution in [1.29, 1.82) is 0 Å². The third-order valence-electron chi connectivity index (χ3n) is 7.90. The van der Waals surface area contributed by atoms with Crippen LogP contribution in [0.5, 0.6) is 0 Å². The molecule has 1 unspecified atom stereocenters. The van der Waals surface area contributed by atoms with E-state index in [9.17, 15) is 13.2 Å². The van der Waals surface area contributed by atoms with E-state index >= 15 is 0 Å². The lowest BCUT2D eigenvalue weighted by Crippen LogP contribution is -2.24. The summed E-state index contributed by atoms with van der Waals surface area (Å²) in [7, 11) is 0. The maximum absolute atomic E-state index is 13.9. The number of halogens is 3. The highest BCUT2D eigenvalue weighted by Gasteiger charge is 2.31. The summed E-state index contributed by atoms with van der Waals surface area (Å²) in [6.07, 6.45) is 17.8. The minimum atomic E-state index is -1.36. The van der Waals surface area contributed by atoms with Gasteiger partial charge in [0.1, 0.15) is 0 Å². The van der Waals surface area contributed by atoms with Crippen LogP contribution in [0.25, 0.3) is 5.57 Å². The van der Waals surface area contributed by atoms with Crippen molar-refractivity contribution in [3.63, 3.8) is 0 Å². The summed E-state index contributed by atoms with van der Waals surface area (Å²) >= 11 is 0. The minimum Gasteiger partial charge on any atom is -0.204 e. The van der Waals surface area contributed by atoms with Crippen LogP contribution < -0.4 is 0 Å². The molecule has 0 spiro atoms. The van der Waals surface area contributed by atoms with Crippen molar-refractivity contribution in [3.8, 4) is 0 Å². The Morgan fingerprint density at radius 3 is 2.14 bits per heavy atom. The quantitative estimate of drug-likeness (QED) is 0.457. The molecular formula is C25H33F3. The summed E-state index contributed by atoms with van der Waals surface area (Å²) < 4.78 is 41.0. The van der Waals surface area contributed by atoms with Gasteiger partial charge in [0.15, 0.2) is 17.5 Å². The molecule has 3 heteroatoms. The largest absolute Gasteiger partial charge is 0.204 e. The molecule has 1 aromatic carbocycles. The lowest BCUT2D eigenvalue weighted by molar-refractivity contribution is 0.177. The molecule has 3 aliphatic carbocycles. The van der Waals surface area contributed by atoms with Gasteiger partial charge in [-0.15, -0.1) is 0 Å². The molecule has 0 radical (unpaired) electrons. The van der Waals surface area contributed by atoms with Gasteiger partial charge >= 0.3 is 0 Å². The van der Waals surface area contributed by atoms with Crippen molar-refractivity contribution >= 4 is 5.57 Å². The third-order valence-corrected chi connectivity index (χ3v) is 7.90. The third kappa shape index (κ3) is 4.19. The predicted octanol–water partition coefficient (Wildman–Crippen LogP) is 7.98. The Labute approximate surface area is 167 Å². The van der Waals surface area contributed by atoms with E-state index in [0.29, 0.717) is 11.5 Å². The molecule has 0 nitrogen and oxygen atoms in total. The molecule has 0 heterocycles. The number of allylic oxidation sites excluding steroid dienone is 2. The van der Waals surface area contributed by atoms with Crippen molar-refractivity contribution in [2.75, 3.05) is 0 Å². The monoisotopic (exact) mass is 390 g/mol. The number of hydrogen-bond acceptors (Lipinski definition) is 0. The zero-order valence-corrected chi connectivity index (χ0v) is 17.1. The Hall–Kier alpha value is -1.25.